The van der Waals surface area contributed by atoms with Crippen LogP contribution in [0.3, 0.4) is 0 Å². The topological polar surface area (TPSA) is 0 Å². The Balaban J connectivity index is 4.78. The van der Waals surface area contributed by atoms with Crippen LogP contribution < -0.4 is 0 Å². The van der Waals surface area contributed by atoms with Crippen molar-refractivity contribution in [2.45, 2.75) is 74.7 Å². The van der Waals surface area contributed by atoms with Crippen molar-refractivity contribution in [1.29, 1.82) is 0 Å². The molecule has 0 aromatic rings. The van der Waals surface area contributed by atoms with E-state index in [9.17, 15) is 0 Å². The molecule has 104 valence electrons. The highest BCUT2D eigenvalue weighted by Gasteiger charge is 2.31. The highest BCUT2D eigenvalue weighted by molar-refractivity contribution is 4.80. The molecule has 0 aromatic carbocycles. The molecule has 0 N–H and O–H groups in total. The molecule has 0 aliphatic heterocycles. The lowest BCUT2D eigenvalue weighted by Gasteiger charge is -2.38. The summed E-state index contributed by atoms with van der Waals surface area (Å²) in [6.07, 6.45) is 4.03. The highest BCUT2D eigenvalue weighted by atomic mass is 14.4. The van der Waals surface area contributed by atoms with Crippen molar-refractivity contribution in [2.75, 3.05) is 0 Å². The van der Waals surface area contributed by atoms with Gasteiger partial charge in [-0.25, -0.2) is 0 Å². The molecule has 5 unspecified atom stereocenters. The zero-order chi connectivity index (χ0) is 13.6. The largest absolute Gasteiger partial charge is 0.0651 e. The quantitative estimate of drug-likeness (QED) is 0.487. The van der Waals surface area contributed by atoms with E-state index >= 15 is 0 Å². The monoisotopic (exact) mass is 240 g/mol. The maximum Gasteiger partial charge on any atom is -0.0358 e. The molecule has 0 aliphatic carbocycles. The van der Waals surface area contributed by atoms with Gasteiger partial charge in [0.15, 0.2) is 0 Å². The minimum absolute atomic E-state index is 0.813. The lowest BCUT2D eigenvalue weighted by molar-refractivity contribution is 0.110. The third-order valence-corrected chi connectivity index (χ3v) is 5.42. The smallest absolute Gasteiger partial charge is 0.0358 e. The highest BCUT2D eigenvalue weighted by Crippen LogP contribution is 2.38. The summed E-state index contributed by atoms with van der Waals surface area (Å²) >= 11 is 0. The second-order valence-corrected chi connectivity index (χ2v) is 6.49. The van der Waals surface area contributed by atoms with Crippen LogP contribution in [-0.2, 0) is 0 Å². The van der Waals surface area contributed by atoms with Gasteiger partial charge in [0.1, 0.15) is 0 Å². The molecule has 0 bridgehead atoms. The van der Waals surface area contributed by atoms with Crippen molar-refractivity contribution in [3.63, 3.8) is 0 Å². The molecule has 0 radical (unpaired) electrons. The Morgan fingerprint density at radius 3 is 1.35 bits per heavy atom. The van der Waals surface area contributed by atoms with Gasteiger partial charge in [0.05, 0.1) is 0 Å². The molecule has 0 aliphatic rings. The summed E-state index contributed by atoms with van der Waals surface area (Å²) in [5, 5.41) is 0. The summed E-state index contributed by atoms with van der Waals surface area (Å²) in [6.45, 7) is 19.2. The van der Waals surface area contributed by atoms with Gasteiger partial charge in [-0.1, -0.05) is 74.7 Å². The Morgan fingerprint density at radius 1 is 0.588 bits per heavy atom. The molecule has 17 heavy (non-hydrogen) atoms. The summed E-state index contributed by atoms with van der Waals surface area (Å²) in [5.74, 6) is 5.23. The van der Waals surface area contributed by atoms with Crippen LogP contribution in [0.2, 0.25) is 0 Å². The van der Waals surface area contributed by atoms with Crippen molar-refractivity contribution >= 4 is 0 Å². The Labute approximate surface area is 111 Å². The van der Waals surface area contributed by atoms with Gasteiger partial charge in [-0.3, -0.25) is 0 Å². The van der Waals surface area contributed by atoms with E-state index < -0.39 is 0 Å². The molecule has 5 atom stereocenters. The van der Waals surface area contributed by atoms with Gasteiger partial charge in [-0.05, 0) is 35.5 Å². The molecule has 0 fully saturated rings. The van der Waals surface area contributed by atoms with Crippen LogP contribution in [0.1, 0.15) is 74.7 Å². The predicted octanol–water partition coefficient (Wildman–Crippen LogP) is 6.01. The van der Waals surface area contributed by atoms with Crippen LogP contribution in [0, 0.1) is 35.5 Å². The summed E-state index contributed by atoms with van der Waals surface area (Å²) in [7, 11) is 0. The fourth-order valence-corrected chi connectivity index (χ4v) is 3.49. The van der Waals surface area contributed by atoms with E-state index in [1.807, 2.05) is 0 Å². The van der Waals surface area contributed by atoms with Crippen molar-refractivity contribution < 1.29 is 0 Å². The first-order valence-electron chi connectivity index (χ1n) is 7.90. The number of hydrogen-bond acceptors (Lipinski definition) is 0. The molecule has 0 nitrogen and oxygen atoms in total. The van der Waals surface area contributed by atoms with E-state index in [-0.39, 0.29) is 0 Å². The second-order valence-electron chi connectivity index (χ2n) is 6.49. The Hall–Kier alpha value is 0. The van der Waals surface area contributed by atoms with E-state index in [2.05, 4.69) is 55.4 Å². The zero-order valence-electron chi connectivity index (χ0n) is 13.6. The van der Waals surface area contributed by atoms with Gasteiger partial charge in [0.25, 0.3) is 0 Å². The van der Waals surface area contributed by atoms with E-state index in [0.717, 1.165) is 35.5 Å². The number of rotatable bonds is 8. The van der Waals surface area contributed by atoms with Gasteiger partial charge in [-0.2, -0.15) is 0 Å². The summed E-state index contributed by atoms with van der Waals surface area (Å²) < 4.78 is 0. The molecule has 0 rings (SSSR count). The molecule has 0 aromatic heterocycles. The molecular formula is C17H36. The van der Waals surface area contributed by atoms with Gasteiger partial charge < -0.3 is 0 Å². The molecule has 0 heteroatoms. The van der Waals surface area contributed by atoms with Crippen LogP contribution in [0.15, 0.2) is 0 Å². The third kappa shape index (κ3) is 4.64. The Kier molecular flexibility index (Phi) is 8.16. The van der Waals surface area contributed by atoms with Gasteiger partial charge >= 0.3 is 0 Å². The lowest BCUT2D eigenvalue weighted by atomic mass is 9.67. The van der Waals surface area contributed by atoms with Crippen molar-refractivity contribution in [3.8, 4) is 0 Å². The lowest BCUT2D eigenvalue weighted by Crippen LogP contribution is -2.31. The van der Waals surface area contributed by atoms with Crippen LogP contribution in [-0.4, -0.2) is 0 Å². The Bertz CT molecular complexity index is 182. The van der Waals surface area contributed by atoms with E-state index in [0.29, 0.717) is 0 Å². The van der Waals surface area contributed by atoms with Crippen molar-refractivity contribution in [3.05, 3.63) is 0 Å². The van der Waals surface area contributed by atoms with E-state index in [4.69, 9.17) is 0 Å². The third-order valence-electron chi connectivity index (χ3n) is 5.42. The molecule has 0 heterocycles. The minimum atomic E-state index is 0.813. The second kappa shape index (κ2) is 8.16. The van der Waals surface area contributed by atoms with Crippen LogP contribution in [0.25, 0.3) is 0 Å². The van der Waals surface area contributed by atoms with Crippen molar-refractivity contribution in [1.82, 2.24) is 0 Å². The van der Waals surface area contributed by atoms with Crippen LogP contribution in [0.5, 0.6) is 0 Å². The fraction of sp³-hybridized carbons (Fsp3) is 1.00. The zero-order valence-corrected chi connectivity index (χ0v) is 13.6. The molecular weight excluding hydrogens is 204 g/mol. The van der Waals surface area contributed by atoms with E-state index in [1.165, 1.54) is 19.3 Å². The normalized spacial score (nSPS) is 21.0. The average molecular weight is 240 g/mol. The first kappa shape index (κ1) is 17.0. The van der Waals surface area contributed by atoms with Crippen LogP contribution in [0.4, 0.5) is 0 Å². The fourth-order valence-electron chi connectivity index (χ4n) is 3.49. The van der Waals surface area contributed by atoms with Gasteiger partial charge in [0, 0.05) is 0 Å². The maximum absolute atomic E-state index is 2.49. The molecule has 0 amide bonds. The standard InChI is InChI=1S/C17H36/c1-9-13(6)16(10-2)17(11-3)15(8)14(7)12(4)5/h12-17H,9-11H2,1-8H3. The van der Waals surface area contributed by atoms with Crippen LogP contribution >= 0.6 is 0 Å². The summed E-state index contributed by atoms with van der Waals surface area (Å²) in [4.78, 5) is 0. The van der Waals surface area contributed by atoms with Gasteiger partial charge in [0.2, 0.25) is 0 Å². The van der Waals surface area contributed by atoms with Gasteiger partial charge in [-0.15, -0.1) is 0 Å². The SMILES string of the molecule is CCC(C)C(CC)C(CC)C(C)C(C)C(C)C. The average Bonchev–Trinajstić information content (AvgIpc) is 2.32. The molecule has 0 saturated carbocycles. The minimum Gasteiger partial charge on any atom is -0.0651 e. The molecule has 0 spiro atoms. The predicted molar refractivity (Wildman–Crippen MR) is 80.2 cm³/mol. The first-order chi connectivity index (χ1) is 7.90. The number of hydrogen-bond donors (Lipinski definition) is 0. The first-order valence-corrected chi connectivity index (χ1v) is 7.90. The Morgan fingerprint density at radius 2 is 1.06 bits per heavy atom. The van der Waals surface area contributed by atoms with Crippen molar-refractivity contribution in [2.24, 2.45) is 35.5 Å². The maximum atomic E-state index is 2.49. The summed E-state index contributed by atoms with van der Waals surface area (Å²) in [6, 6.07) is 0. The van der Waals surface area contributed by atoms with E-state index in [1.54, 1.807) is 0 Å². The summed E-state index contributed by atoms with van der Waals surface area (Å²) in [5.41, 5.74) is 0. The molecule has 0 saturated heterocycles.